The molecule has 3 heteroatoms. The van der Waals surface area contributed by atoms with Gasteiger partial charge in [-0.25, -0.2) is 0 Å². The largest absolute Gasteiger partial charge is 0.459 e. The number of ether oxygens (including phenoxy) is 1. The zero-order valence-corrected chi connectivity index (χ0v) is 18.7. The first-order valence-electron chi connectivity index (χ1n) is 11.9. The summed E-state index contributed by atoms with van der Waals surface area (Å²) in [5.41, 5.74) is 0.178. The normalized spacial score (nSPS) is 50.5. The highest BCUT2D eigenvalue weighted by Crippen LogP contribution is 2.70. The van der Waals surface area contributed by atoms with Crippen molar-refractivity contribution in [2.75, 3.05) is 0 Å². The summed E-state index contributed by atoms with van der Waals surface area (Å²) in [6.07, 6.45) is 10.8. The van der Waals surface area contributed by atoms with Crippen molar-refractivity contribution in [2.24, 2.45) is 40.4 Å². The van der Waals surface area contributed by atoms with Crippen LogP contribution in [-0.2, 0) is 14.3 Å². The van der Waals surface area contributed by atoms with E-state index in [1.807, 2.05) is 0 Å². The molecule has 8 atom stereocenters. The van der Waals surface area contributed by atoms with E-state index in [9.17, 15) is 9.59 Å². The summed E-state index contributed by atoms with van der Waals surface area (Å²) in [4.78, 5) is 24.3. The number of carbonyl (C=O) groups excluding carboxylic acids is 2. The van der Waals surface area contributed by atoms with Crippen LogP contribution in [0.2, 0.25) is 0 Å². The highest BCUT2D eigenvalue weighted by Gasteiger charge is 2.66. The van der Waals surface area contributed by atoms with E-state index in [2.05, 4.69) is 27.7 Å². The number of carbonyl (C=O) groups is 2. The second-order valence-electron chi connectivity index (χ2n) is 11.2. The number of esters is 1. The van der Waals surface area contributed by atoms with Gasteiger partial charge in [0.2, 0.25) is 0 Å². The number of Topliss-reactive ketones (excluding diaryl/α,β-unsaturated/α-hetero) is 1. The van der Waals surface area contributed by atoms with Crippen LogP contribution in [0, 0.1) is 40.4 Å². The minimum atomic E-state index is -0.255. The average molecular weight is 389 g/mol. The molecule has 0 N–H and O–H groups in total. The highest BCUT2D eigenvalue weighted by molar-refractivity contribution is 5.80. The summed E-state index contributed by atoms with van der Waals surface area (Å²) in [6.45, 7) is 11.1. The molecule has 28 heavy (non-hydrogen) atoms. The molecule has 4 fully saturated rings. The number of rotatable bonds is 3. The Labute approximate surface area is 171 Å². The summed E-state index contributed by atoms with van der Waals surface area (Å²) in [6, 6.07) is 0. The first-order chi connectivity index (χ1) is 13.2. The lowest BCUT2D eigenvalue weighted by molar-refractivity contribution is -0.192. The Balaban J connectivity index is 1.66. The van der Waals surface area contributed by atoms with Crippen LogP contribution in [0.15, 0.2) is 0 Å². The van der Waals surface area contributed by atoms with Crippen molar-refractivity contribution < 1.29 is 14.3 Å². The molecule has 0 aromatic rings. The minimum absolute atomic E-state index is 0.104. The molecular formula is C25H40O3. The van der Waals surface area contributed by atoms with Gasteiger partial charge in [-0.2, -0.15) is 0 Å². The predicted octanol–water partition coefficient (Wildman–Crippen LogP) is 5.95. The van der Waals surface area contributed by atoms with Crippen LogP contribution in [0.1, 0.15) is 98.8 Å². The summed E-state index contributed by atoms with van der Waals surface area (Å²) >= 11 is 0. The van der Waals surface area contributed by atoms with E-state index >= 15 is 0 Å². The molecule has 3 unspecified atom stereocenters. The number of fused-ring (bicyclic) bond motifs is 5. The Morgan fingerprint density at radius 3 is 2.46 bits per heavy atom. The molecule has 4 aliphatic carbocycles. The van der Waals surface area contributed by atoms with Gasteiger partial charge in [0.25, 0.3) is 0 Å². The van der Waals surface area contributed by atoms with Crippen molar-refractivity contribution in [3.05, 3.63) is 0 Å². The molecule has 0 aromatic heterocycles. The van der Waals surface area contributed by atoms with E-state index in [0.717, 1.165) is 43.9 Å². The number of hydrogen-bond acceptors (Lipinski definition) is 3. The molecule has 0 spiro atoms. The monoisotopic (exact) mass is 388 g/mol. The van der Waals surface area contributed by atoms with Crippen LogP contribution in [0.25, 0.3) is 0 Å². The molecule has 0 radical (unpaired) electrons. The molecule has 0 aromatic carbocycles. The summed E-state index contributed by atoms with van der Waals surface area (Å²) in [5.74, 6) is 3.63. The van der Waals surface area contributed by atoms with Gasteiger partial charge in [0.1, 0.15) is 11.4 Å². The van der Waals surface area contributed by atoms with Crippen molar-refractivity contribution >= 4 is 11.8 Å². The first kappa shape index (κ1) is 20.4. The van der Waals surface area contributed by atoms with Gasteiger partial charge in [-0.1, -0.05) is 34.1 Å². The van der Waals surface area contributed by atoms with E-state index in [1.54, 1.807) is 6.92 Å². The zero-order chi connectivity index (χ0) is 20.3. The molecule has 0 heterocycles. The van der Waals surface area contributed by atoms with Crippen LogP contribution in [0.4, 0.5) is 0 Å². The first-order valence-corrected chi connectivity index (χ1v) is 11.9. The highest BCUT2D eigenvalue weighted by atomic mass is 16.6. The van der Waals surface area contributed by atoms with E-state index in [4.69, 9.17) is 4.74 Å². The smallest absolute Gasteiger partial charge is 0.303 e. The minimum Gasteiger partial charge on any atom is -0.459 e. The van der Waals surface area contributed by atoms with Gasteiger partial charge in [-0.3, -0.25) is 9.59 Å². The lowest BCUT2D eigenvalue weighted by Gasteiger charge is -2.63. The lowest BCUT2D eigenvalue weighted by Crippen LogP contribution is -2.59. The van der Waals surface area contributed by atoms with Crippen molar-refractivity contribution in [3.8, 4) is 0 Å². The fourth-order valence-corrected chi connectivity index (χ4v) is 8.88. The fraction of sp³-hybridized carbons (Fsp3) is 0.920. The summed E-state index contributed by atoms with van der Waals surface area (Å²) in [5, 5.41) is 0. The van der Waals surface area contributed by atoms with E-state index in [0.29, 0.717) is 29.0 Å². The lowest BCUT2D eigenvalue weighted by atomic mass is 9.42. The van der Waals surface area contributed by atoms with Gasteiger partial charge in [-0.15, -0.1) is 0 Å². The Morgan fingerprint density at radius 2 is 1.79 bits per heavy atom. The van der Waals surface area contributed by atoms with Crippen LogP contribution >= 0.6 is 0 Å². The molecule has 0 amide bonds. The predicted molar refractivity (Wildman–Crippen MR) is 111 cm³/mol. The van der Waals surface area contributed by atoms with Crippen molar-refractivity contribution in [1.29, 1.82) is 0 Å². The number of hydrogen-bond donors (Lipinski definition) is 0. The Hall–Kier alpha value is -0.860. The standard InChI is InChI=1S/C25H40O3/c1-6-11-25(28-17(3)26)13-10-21-20-8-7-18-15-19(27)14-16(2)24(18,5)22(20)9-12-23(21,25)4/h16,18,20-22H,6-15H2,1-5H3/t16?,18?,20-,21-,22+,23-,24-,25?/m0/s1. The maximum Gasteiger partial charge on any atom is 0.303 e. The second kappa shape index (κ2) is 6.84. The Bertz CT molecular complexity index is 656. The van der Waals surface area contributed by atoms with Crippen LogP contribution in [-0.4, -0.2) is 17.4 Å². The van der Waals surface area contributed by atoms with Gasteiger partial charge in [-0.05, 0) is 80.0 Å². The molecule has 158 valence electrons. The van der Waals surface area contributed by atoms with E-state index in [1.165, 1.54) is 32.1 Å². The zero-order valence-electron chi connectivity index (χ0n) is 18.7. The third-order valence-electron chi connectivity index (χ3n) is 10.3. The summed E-state index contributed by atoms with van der Waals surface area (Å²) in [7, 11) is 0. The molecule has 4 saturated carbocycles. The van der Waals surface area contributed by atoms with Crippen molar-refractivity contribution in [3.63, 3.8) is 0 Å². The third-order valence-corrected chi connectivity index (χ3v) is 10.3. The van der Waals surface area contributed by atoms with Crippen molar-refractivity contribution in [1.82, 2.24) is 0 Å². The molecule has 4 aliphatic rings. The maximum absolute atomic E-state index is 12.3. The number of ketones is 1. The van der Waals surface area contributed by atoms with E-state index in [-0.39, 0.29) is 17.0 Å². The van der Waals surface area contributed by atoms with Crippen molar-refractivity contribution in [2.45, 2.75) is 104 Å². The quantitative estimate of drug-likeness (QED) is 0.561. The molecule has 0 saturated heterocycles. The van der Waals surface area contributed by atoms with E-state index < -0.39 is 0 Å². The topological polar surface area (TPSA) is 43.4 Å². The molecule has 4 rings (SSSR count). The maximum atomic E-state index is 12.3. The fourth-order valence-electron chi connectivity index (χ4n) is 8.88. The van der Waals surface area contributed by atoms with Gasteiger partial charge in [0, 0.05) is 25.2 Å². The molecule has 0 aliphatic heterocycles. The molecular weight excluding hydrogens is 348 g/mol. The van der Waals surface area contributed by atoms with Crippen LogP contribution in [0.3, 0.4) is 0 Å². The Kier molecular flexibility index (Phi) is 4.99. The van der Waals surface area contributed by atoms with Gasteiger partial charge >= 0.3 is 5.97 Å². The van der Waals surface area contributed by atoms with Gasteiger partial charge in [0.15, 0.2) is 0 Å². The molecule has 0 bridgehead atoms. The van der Waals surface area contributed by atoms with Gasteiger partial charge < -0.3 is 4.74 Å². The second-order valence-corrected chi connectivity index (χ2v) is 11.2. The van der Waals surface area contributed by atoms with Crippen LogP contribution in [0.5, 0.6) is 0 Å². The SMILES string of the molecule is CCCC1(OC(C)=O)CC[C@H]2[C@@H]3CCC4CC(=O)CC(C)[C@]4(C)[C@@H]3CC[C@@]21C. The summed E-state index contributed by atoms with van der Waals surface area (Å²) < 4.78 is 6.17. The van der Waals surface area contributed by atoms with Crippen LogP contribution < -0.4 is 0 Å². The van der Waals surface area contributed by atoms with Gasteiger partial charge in [0.05, 0.1) is 0 Å². The third kappa shape index (κ3) is 2.67. The Morgan fingerprint density at radius 1 is 1.07 bits per heavy atom. The average Bonchev–Trinajstić information content (AvgIpc) is 2.89. The molecule has 3 nitrogen and oxygen atoms in total.